The Balaban J connectivity index is 2.93. The number of carbonyl (C=O) groups excluding carboxylic acids is 2. The molecule has 0 fully saturated rings. The Morgan fingerprint density at radius 3 is 2.26 bits per heavy atom. The lowest BCUT2D eigenvalue weighted by molar-refractivity contribution is -0.141. The molecule has 1 aromatic carbocycles. The summed E-state index contributed by atoms with van der Waals surface area (Å²) in [5, 5.41) is 11.2. The van der Waals surface area contributed by atoms with Gasteiger partial charge in [0.15, 0.2) is 5.12 Å². The maximum Gasteiger partial charge on any atom is 0.325 e. The average Bonchev–Trinajstić information content (AvgIpc) is 2.47. The van der Waals surface area contributed by atoms with Crippen LogP contribution < -0.4 is 5.32 Å². The van der Waals surface area contributed by atoms with Crippen molar-refractivity contribution in [2.45, 2.75) is 32.7 Å². The third-order valence-corrected chi connectivity index (χ3v) is 4.46. The number of nitrogens with one attached hydrogen (secondary N) is 1. The molecular weight excluding hydrogens is 321 g/mol. The average molecular weight is 341 g/mol. The second kappa shape index (κ2) is 8.67. The minimum Gasteiger partial charge on any atom is -0.480 e. The summed E-state index contributed by atoms with van der Waals surface area (Å²) in [6.07, 6.45) is 0. The third-order valence-electron chi connectivity index (χ3n) is 3.53. The molecule has 1 rings (SSSR count). The molecule has 2 N–H and O–H groups in total. The second-order valence-corrected chi connectivity index (χ2v) is 6.51. The van der Waals surface area contributed by atoms with E-state index in [9.17, 15) is 18.8 Å². The summed E-state index contributed by atoms with van der Waals surface area (Å²) in [7, 11) is 0. The van der Waals surface area contributed by atoms with Crippen molar-refractivity contribution in [2.24, 2.45) is 5.92 Å². The number of hydrogen-bond donors (Lipinski definition) is 2. The topological polar surface area (TPSA) is 83.5 Å². The van der Waals surface area contributed by atoms with Crippen LogP contribution in [0.15, 0.2) is 24.3 Å². The molecule has 1 amide bonds. The quantitative estimate of drug-likeness (QED) is 0.796. The van der Waals surface area contributed by atoms with Gasteiger partial charge in [0.05, 0.1) is 5.92 Å². The lowest BCUT2D eigenvalue weighted by atomic mass is 9.88. The van der Waals surface area contributed by atoms with Gasteiger partial charge in [-0.2, -0.15) is 0 Å². The number of aliphatic carboxylic acids is 1. The van der Waals surface area contributed by atoms with Crippen molar-refractivity contribution in [3.8, 4) is 0 Å². The highest BCUT2D eigenvalue weighted by atomic mass is 32.2. The number of carboxylic acids is 1. The number of carbonyl (C=O) groups is 3. The standard InChI is InChI=1S/C16H20FNO4S/c1-9(12-4-6-13(17)7-5-12)14(8-23-11(3)19)15(20)18-10(2)16(21)22/h4-7,9-10,14H,8H2,1-3H3,(H,18,20)(H,21,22)/t9?,10-,14?/m0/s1. The fourth-order valence-corrected chi connectivity index (χ4v) is 2.89. The van der Waals surface area contributed by atoms with Gasteiger partial charge in [-0.25, -0.2) is 4.39 Å². The number of amides is 1. The van der Waals surface area contributed by atoms with Crippen LogP contribution in [-0.2, 0) is 14.4 Å². The predicted octanol–water partition coefficient (Wildman–Crippen LogP) is 2.41. The molecule has 0 spiro atoms. The van der Waals surface area contributed by atoms with Gasteiger partial charge < -0.3 is 10.4 Å². The Bertz CT molecular complexity index is 576. The molecule has 0 aliphatic carbocycles. The molecule has 2 unspecified atom stereocenters. The van der Waals surface area contributed by atoms with E-state index in [1.54, 1.807) is 19.1 Å². The van der Waals surface area contributed by atoms with E-state index in [0.29, 0.717) is 0 Å². The highest BCUT2D eigenvalue weighted by molar-refractivity contribution is 8.13. The molecule has 0 radical (unpaired) electrons. The summed E-state index contributed by atoms with van der Waals surface area (Å²) in [5.74, 6) is -2.61. The largest absolute Gasteiger partial charge is 0.480 e. The van der Waals surface area contributed by atoms with Gasteiger partial charge in [0, 0.05) is 12.7 Å². The molecule has 0 aromatic heterocycles. The molecule has 0 heterocycles. The van der Waals surface area contributed by atoms with Crippen LogP contribution in [0.5, 0.6) is 0 Å². The minimum absolute atomic E-state index is 0.125. The third kappa shape index (κ3) is 6.02. The van der Waals surface area contributed by atoms with Gasteiger partial charge in [-0.15, -0.1) is 0 Å². The van der Waals surface area contributed by atoms with Gasteiger partial charge in [0.1, 0.15) is 11.9 Å². The predicted molar refractivity (Wildman–Crippen MR) is 86.7 cm³/mol. The van der Waals surface area contributed by atoms with E-state index in [0.717, 1.165) is 17.3 Å². The smallest absolute Gasteiger partial charge is 0.325 e. The molecule has 0 bridgehead atoms. The van der Waals surface area contributed by atoms with Gasteiger partial charge >= 0.3 is 5.97 Å². The Kier molecular flexibility index (Phi) is 7.22. The van der Waals surface area contributed by atoms with E-state index in [1.807, 2.05) is 0 Å². The number of carboxylic acid groups (broad SMARTS) is 1. The van der Waals surface area contributed by atoms with Gasteiger partial charge in [0.25, 0.3) is 0 Å². The first-order chi connectivity index (χ1) is 10.7. The van der Waals surface area contributed by atoms with Crippen LogP contribution in [0.1, 0.15) is 32.3 Å². The van der Waals surface area contributed by atoms with Crippen molar-refractivity contribution >= 4 is 28.8 Å². The monoisotopic (exact) mass is 341 g/mol. The molecule has 0 saturated carbocycles. The van der Waals surface area contributed by atoms with Crippen molar-refractivity contribution < 1.29 is 23.9 Å². The zero-order chi connectivity index (χ0) is 17.6. The Labute approximate surface area is 138 Å². The van der Waals surface area contributed by atoms with Crippen LogP contribution in [0.4, 0.5) is 4.39 Å². The summed E-state index contributed by atoms with van der Waals surface area (Å²) < 4.78 is 13.0. The maximum atomic E-state index is 13.0. The van der Waals surface area contributed by atoms with Crippen molar-refractivity contribution in [2.75, 3.05) is 5.75 Å². The van der Waals surface area contributed by atoms with E-state index in [1.165, 1.54) is 26.0 Å². The molecule has 5 nitrogen and oxygen atoms in total. The normalized spacial score (nSPS) is 14.6. The summed E-state index contributed by atoms with van der Waals surface area (Å²) in [6, 6.07) is 4.75. The lowest BCUT2D eigenvalue weighted by Gasteiger charge is -2.24. The van der Waals surface area contributed by atoms with Crippen LogP contribution in [0.25, 0.3) is 0 Å². The molecular formula is C16H20FNO4S. The first-order valence-corrected chi connectivity index (χ1v) is 8.13. The molecule has 7 heteroatoms. The number of hydrogen-bond acceptors (Lipinski definition) is 4. The summed E-state index contributed by atoms with van der Waals surface area (Å²) in [5.41, 5.74) is 0.749. The van der Waals surface area contributed by atoms with Gasteiger partial charge in [0.2, 0.25) is 5.91 Å². The maximum absolute atomic E-state index is 13.0. The van der Waals surface area contributed by atoms with E-state index < -0.39 is 23.8 Å². The van der Waals surface area contributed by atoms with E-state index in [-0.39, 0.29) is 22.6 Å². The van der Waals surface area contributed by atoms with Crippen LogP contribution in [0.3, 0.4) is 0 Å². The first-order valence-electron chi connectivity index (χ1n) is 7.14. The Morgan fingerprint density at radius 2 is 1.78 bits per heavy atom. The minimum atomic E-state index is -1.13. The van der Waals surface area contributed by atoms with Crippen molar-refractivity contribution in [1.82, 2.24) is 5.32 Å². The van der Waals surface area contributed by atoms with Crippen molar-refractivity contribution in [3.63, 3.8) is 0 Å². The molecule has 3 atom stereocenters. The fraction of sp³-hybridized carbons (Fsp3) is 0.438. The van der Waals surface area contributed by atoms with Gasteiger partial charge in [-0.05, 0) is 30.5 Å². The van der Waals surface area contributed by atoms with Crippen molar-refractivity contribution in [3.05, 3.63) is 35.6 Å². The van der Waals surface area contributed by atoms with Crippen LogP contribution in [0, 0.1) is 11.7 Å². The summed E-state index contributed by atoms with van der Waals surface area (Å²) >= 11 is 1.01. The number of thioether (sulfide) groups is 1. The summed E-state index contributed by atoms with van der Waals surface area (Å²) in [4.78, 5) is 34.5. The lowest BCUT2D eigenvalue weighted by Crippen LogP contribution is -2.43. The highest BCUT2D eigenvalue weighted by Gasteiger charge is 2.29. The zero-order valence-electron chi connectivity index (χ0n) is 13.2. The van der Waals surface area contributed by atoms with Crippen LogP contribution in [0.2, 0.25) is 0 Å². The van der Waals surface area contributed by atoms with Crippen molar-refractivity contribution in [1.29, 1.82) is 0 Å². The number of benzene rings is 1. The van der Waals surface area contributed by atoms with Crippen LogP contribution in [-0.4, -0.2) is 33.9 Å². The Morgan fingerprint density at radius 1 is 1.22 bits per heavy atom. The molecule has 23 heavy (non-hydrogen) atoms. The number of halogens is 1. The van der Waals surface area contributed by atoms with E-state index >= 15 is 0 Å². The molecule has 0 aliphatic heterocycles. The molecule has 126 valence electrons. The Hall–Kier alpha value is -1.89. The SMILES string of the molecule is CC(=O)SCC(C(=O)N[C@@H](C)C(=O)O)C(C)c1ccc(F)cc1. The van der Waals surface area contributed by atoms with Crippen LogP contribution >= 0.6 is 11.8 Å². The van der Waals surface area contributed by atoms with Gasteiger partial charge in [-0.3, -0.25) is 14.4 Å². The fourth-order valence-electron chi connectivity index (χ4n) is 2.04. The van der Waals surface area contributed by atoms with E-state index in [2.05, 4.69) is 5.32 Å². The van der Waals surface area contributed by atoms with Gasteiger partial charge in [-0.1, -0.05) is 30.8 Å². The number of rotatable bonds is 7. The molecule has 0 aliphatic rings. The summed E-state index contributed by atoms with van der Waals surface area (Å²) in [6.45, 7) is 4.57. The molecule has 0 saturated heterocycles. The van der Waals surface area contributed by atoms with E-state index in [4.69, 9.17) is 5.11 Å². The first kappa shape index (κ1) is 19.2. The second-order valence-electron chi connectivity index (χ2n) is 5.32. The zero-order valence-corrected chi connectivity index (χ0v) is 14.0. The highest BCUT2D eigenvalue weighted by Crippen LogP contribution is 2.28. The molecule has 1 aromatic rings.